The monoisotopic (exact) mass is 274 g/mol. The van der Waals surface area contributed by atoms with E-state index in [1.54, 1.807) is 13.3 Å². The molecular formula is C13H14N4OS. The van der Waals surface area contributed by atoms with E-state index in [4.69, 9.17) is 4.74 Å². The van der Waals surface area contributed by atoms with Gasteiger partial charge >= 0.3 is 0 Å². The van der Waals surface area contributed by atoms with Crippen LogP contribution in [0.4, 0.5) is 5.82 Å². The molecular weight excluding hydrogens is 260 g/mol. The molecule has 1 N–H and O–H groups in total. The van der Waals surface area contributed by atoms with Crippen molar-refractivity contribution in [3.8, 4) is 17.3 Å². The van der Waals surface area contributed by atoms with Crippen molar-refractivity contribution in [1.82, 2.24) is 15.0 Å². The molecule has 98 valence electrons. The molecule has 0 spiro atoms. The van der Waals surface area contributed by atoms with Gasteiger partial charge in [-0.05, 0) is 6.07 Å². The molecule has 3 heterocycles. The Kier molecular flexibility index (Phi) is 3.25. The summed E-state index contributed by atoms with van der Waals surface area (Å²) in [7, 11) is 3.49. The zero-order valence-corrected chi connectivity index (χ0v) is 11.6. The van der Waals surface area contributed by atoms with Gasteiger partial charge in [0.15, 0.2) is 5.82 Å². The SMILES string of the molecule is CNc1nc(-c2ccc(OC)nc2)nc2c1CSC2. The highest BCUT2D eigenvalue weighted by molar-refractivity contribution is 7.98. The second-order valence-electron chi connectivity index (χ2n) is 4.15. The predicted octanol–water partition coefficient (Wildman–Crippen LogP) is 2.34. The van der Waals surface area contributed by atoms with E-state index in [0.29, 0.717) is 11.7 Å². The van der Waals surface area contributed by atoms with Crippen molar-refractivity contribution in [2.24, 2.45) is 0 Å². The molecule has 0 aromatic carbocycles. The first-order chi connectivity index (χ1) is 9.31. The van der Waals surface area contributed by atoms with E-state index >= 15 is 0 Å². The van der Waals surface area contributed by atoms with Gasteiger partial charge in [0.1, 0.15) is 5.82 Å². The van der Waals surface area contributed by atoms with Crippen LogP contribution in [-0.4, -0.2) is 29.1 Å². The fraction of sp³-hybridized carbons (Fsp3) is 0.308. The second kappa shape index (κ2) is 5.05. The summed E-state index contributed by atoms with van der Waals surface area (Å²) in [5.74, 6) is 4.14. The van der Waals surface area contributed by atoms with E-state index in [0.717, 1.165) is 28.6 Å². The largest absolute Gasteiger partial charge is 0.481 e. The minimum absolute atomic E-state index is 0.592. The summed E-state index contributed by atoms with van der Waals surface area (Å²) in [6, 6.07) is 3.74. The van der Waals surface area contributed by atoms with E-state index in [1.165, 1.54) is 5.56 Å². The fourth-order valence-corrected chi connectivity index (χ4v) is 3.06. The highest BCUT2D eigenvalue weighted by atomic mass is 32.2. The number of aromatic nitrogens is 3. The minimum Gasteiger partial charge on any atom is -0.481 e. The van der Waals surface area contributed by atoms with Crippen molar-refractivity contribution in [2.45, 2.75) is 11.5 Å². The summed E-state index contributed by atoms with van der Waals surface area (Å²) >= 11 is 1.86. The molecule has 5 nitrogen and oxygen atoms in total. The topological polar surface area (TPSA) is 59.9 Å². The van der Waals surface area contributed by atoms with E-state index in [2.05, 4.69) is 20.3 Å². The number of hydrogen-bond donors (Lipinski definition) is 1. The Morgan fingerprint density at radius 2 is 2.16 bits per heavy atom. The smallest absolute Gasteiger partial charge is 0.212 e. The average molecular weight is 274 g/mol. The van der Waals surface area contributed by atoms with Crippen LogP contribution in [0.1, 0.15) is 11.3 Å². The second-order valence-corrected chi connectivity index (χ2v) is 5.14. The lowest BCUT2D eigenvalue weighted by molar-refractivity contribution is 0.398. The van der Waals surface area contributed by atoms with Gasteiger partial charge in [0.05, 0.1) is 12.8 Å². The van der Waals surface area contributed by atoms with E-state index < -0.39 is 0 Å². The number of methoxy groups -OCH3 is 1. The maximum absolute atomic E-state index is 5.06. The molecule has 0 radical (unpaired) electrons. The summed E-state index contributed by atoms with van der Waals surface area (Å²) in [6.45, 7) is 0. The first-order valence-corrected chi connectivity index (χ1v) is 7.13. The standard InChI is InChI=1S/C13H14N4OS/c1-14-13-9-6-19-7-10(9)16-12(17-13)8-3-4-11(18-2)15-5-8/h3-5H,6-7H2,1-2H3,(H,14,16,17). The van der Waals surface area contributed by atoms with Crippen LogP contribution in [0.15, 0.2) is 18.3 Å². The molecule has 0 fully saturated rings. The van der Waals surface area contributed by atoms with Crippen LogP contribution in [0, 0.1) is 0 Å². The number of anilines is 1. The van der Waals surface area contributed by atoms with Gasteiger partial charge in [-0.25, -0.2) is 15.0 Å². The molecule has 1 aliphatic heterocycles. The zero-order chi connectivity index (χ0) is 13.2. The summed E-state index contributed by atoms with van der Waals surface area (Å²) in [4.78, 5) is 13.4. The van der Waals surface area contributed by atoms with Gasteiger partial charge in [-0.2, -0.15) is 11.8 Å². The first-order valence-electron chi connectivity index (χ1n) is 5.97. The van der Waals surface area contributed by atoms with Crippen LogP contribution in [0.25, 0.3) is 11.4 Å². The first kappa shape index (κ1) is 12.2. The number of rotatable bonds is 3. The lowest BCUT2D eigenvalue weighted by atomic mass is 10.2. The molecule has 0 saturated heterocycles. The van der Waals surface area contributed by atoms with Gasteiger partial charge in [-0.15, -0.1) is 0 Å². The van der Waals surface area contributed by atoms with Crippen molar-refractivity contribution in [1.29, 1.82) is 0 Å². The van der Waals surface area contributed by atoms with Crippen LogP contribution in [-0.2, 0) is 11.5 Å². The highest BCUT2D eigenvalue weighted by Gasteiger charge is 2.19. The quantitative estimate of drug-likeness (QED) is 0.927. The lowest BCUT2D eigenvalue weighted by Gasteiger charge is -2.09. The summed E-state index contributed by atoms with van der Waals surface area (Å²) < 4.78 is 5.06. The number of thioether (sulfide) groups is 1. The molecule has 2 aromatic heterocycles. The molecule has 0 saturated carbocycles. The molecule has 0 unspecified atom stereocenters. The van der Waals surface area contributed by atoms with Crippen LogP contribution in [0.5, 0.6) is 5.88 Å². The molecule has 0 amide bonds. The van der Waals surface area contributed by atoms with Gasteiger partial charge in [0, 0.05) is 41.9 Å². The zero-order valence-electron chi connectivity index (χ0n) is 10.8. The van der Waals surface area contributed by atoms with Crippen molar-refractivity contribution >= 4 is 17.6 Å². The number of nitrogens with zero attached hydrogens (tertiary/aromatic N) is 3. The maximum Gasteiger partial charge on any atom is 0.212 e. The summed E-state index contributed by atoms with van der Waals surface area (Å²) in [5, 5.41) is 3.15. The Morgan fingerprint density at radius 3 is 2.84 bits per heavy atom. The third-order valence-electron chi connectivity index (χ3n) is 3.02. The Balaban J connectivity index is 2.04. The molecule has 0 atom stereocenters. The predicted molar refractivity (Wildman–Crippen MR) is 76.4 cm³/mol. The van der Waals surface area contributed by atoms with Gasteiger partial charge in [-0.1, -0.05) is 0 Å². The number of pyridine rings is 1. The average Bonchev–Trinajstić information content (AvgIpc) is 2.94. The van der Waals surface area contributed by atoms with Gasteiger partial charge in [0.2, 0.25) is 5.88 Å². The van der Waals surface area contributed by atoms with Crippen LogP contribution < -0.4 is 10.1 Å². The van der Waals surface area contributed by atoms with Gasteiger partial charge in [0.25, 0.3) is 0 Å². The third kappa shape index (κ3) is 2.23. The summed E-state index contributed by atoms with van der Waals surface area (Å²) in [6.07, 6.45) is 1.74. The lowest BCUT2D eigenvalue weighted by Crippen LogP contribution is -2.03. The molecule has 3 rings (SSSR count). The van der Waals surface area contributed by atoms with Crippen molar-refractivity contribution in [3.63, 3.8) is 0 Å². The van der Waals surface area contributed by atoms with Crippen LogP contribution in [0.3, 0.4) is 0 Å². The molecule has 0 bridgehead atoms. The van der Waals surface area contributed by atoms with Crippen molar-refractivity contribution in [3.05, 3.63) is 29.6 Å². The molecule has 6 heteroatoms. The fourth-order valence-electron chi connectivity index (χ4n) is 2.02. The number of hydrogen-bond acceptors (Lipinski definition) is 6. The molecule has 1 aliphatic rings. The highest BCUT2D eigenvalue weighted by Crippen LogP contribution is 2.34. The molecule has 0 aliphatic carbocycles. The minimum atomic E-state index is 0.592. The summed E-state index contributed by atoms with van der Waals surface area (Å²) in [5.41, 5.74) is 3.24. The third-order valence-corrected chi connectivity index (χ3v) is 3.99. The number of ether oxygens (including phenoxy) is 1. The Bertz CT molecular complexity index is 600. The van der Waals surface area contributed by atoms with E-state index in [1.807, 2.05) is 30.9 Å². The normalized spacial score (nSPS) is 13.2. The Hall–Kier alpha value is -1.82. The molecule has 19 heavy (non-hydrogen) atoms. The number of fused-ring (bicyclic) bond motifs is 1. The van der Waals surface area contributed by atoms with Gasteiger partial charge in [-0.3, -0.25) is 0 Å². The number of nitrogens with one attached hydrogen (secondary N) is 1. The van der Waals surface area contributed by atoms with Crippen molar-refractivity contribution < 1.29 is 4.74 Å². The molecule has 2 aromatic rings. The van der Waals surface area contributed by atoms with Crippen LogP contribution in [0.2, 0.25) is 0 Å². The van der Waals surface area contributed by atoms with Crippen LogP contribution >= 0.6 is 11.8 Å². The Morgan fingerprint density at radius 1 is 1.26 bits per heavy atom. The van der Waals surface area contributed by atoms with E-state index in [-0.39, 0.29) is 0 Å². The van der Waals surface area contributed by atoms with E-state index in [9.17, 15) is 0 Å². The maximum atomic E-state index is 5.06. The van der Waals surface area contributed by atoms with Crippen molar-refractivity contribution in [2.75, 3.05) is 19.5 Å². The Labute approximate surface area is 115 Å². The van der Waals surface area contributed by atoms with Gasteiger partial charge < -0.3 is 10.1 Å².